The van der Waals surface area contributed by atoms with Gasteiger partial charge < -0.3 is 14.8 Å². The molecule has 1 N–H and O–H groups in total. The predicted molar refractivity (Wildman–Crippen MR) is 119 cm³/mol. The van der Waals surface area contributed by atoms with Gasteiger partial charge in [-0.3, -0.25) is 19.3 Å². The van der Waals surface area contributed by atoms with E-state index < -0.39 is 17.9 Å². The smallest absolute Gasteiger partial charge is 0.262 e. The van der Waals surface area contributed by atoms with Crippen molar-refractivity contribution in [3.8, 4) is 11.5 Å². The summed E-state index contributed by atoms with van der Waals surface area (Å²) in [5.41, 5.74) is 1.57. The van der Waals surface area contributed by atoms with E-state index in [1.165, 1.54) is 0 Å². The van der Waals surface area contributed by atoms with Crippen molar-refractivity contribution < 1.29 is 23.9 Å². The predicted octanol–water partition coefficient (Wildman–Crippen LogP) is 3.48. The molecule has 1 atom stereocenters. The van der Waals surface area contributed by atoms with Crippen molar-refractivity contribution in [2.24, 2.45) is 5.92 Å². The molecule has 0 radical (unpaired) electrons. The third-order valence-electron chi connectivity index (χ3n) is 5.50. The van der Waals surface area contributed by atoms with Crippen LogP contribution in [-0.2, 0) is 11.2 Å². The first kappa shape index (κ1) is 22.1. The first-order valence-corrected chi connectivity index (χ1v) is 11.1. The minimum atomic E-state index is -0.869. The highest BCUT2D eigenvalue weighted by atomic mass is 35.5. The van der Waals surface area contributed by atoms with E-state index in [0.29, 0.717) is 60.2 Å². The average molecular weight is 457 g/mol. The van der Waals surface area contributed by atoms with Crippen LogP contribution in [0, 0.1) is 5.92 Å². The first-order valence-electron chi connectivity index (χ1n) is 10.7. The number of nitrogens with zero attached hydrogens (tertiary/aromatic N) is 1. The van der Waals surface area contributed by atoms with Crippen LogP contribution in [0.2, 0.25) is 5.02 Å². The normalized spacial score (nSPS) is 15.7. The molecule has 0 unspecified atom stereocenters. The Bertz CT molecular complexity index is 1030. The second kappa shape index (κ2) is 9.20. The van der Waals surface area contributed by atoms with E-state index in [1.54, 1.807) is 30.3 Å². The lowest BCUT2D eigenvalue weighted by molar-refractivity contribution is -0.125. The lowest BCUT2D eigenvalue weighted by atomic mass is 10.0. The van der Waals surface area contributed by atoms with Crippen molar-refractivity contribution >= 4 is 29.3 Å². The molecule has 7 nitrogen and oxygen atoms in total. The van der Waals surface area contributed by atoms with Gasteiger partial charge in [0.25, 0.3) is 11.8 Å². The number of hydrogen-bond acceptors (Lipinski definition) is 5. The minimum absolute atomic E-state index is 0.117. The van der Waals surface area contributed by atoms with Crippen molar-refractivity contribution in [1.29, 1.82) is 0 Å². The van der Waals surface area contributed by atoms with Crippen LogP contribution in [0.15, 0.2) is 36.4 Å². The van der Waals surface area contributed by atoms with Gasteiger partial charge in [-0.05, 0) is 48.6 Å². The van der Waals surface area contributed by atoms with Crippen molar-refractivity contribution in [3.63, 3.8) is 0 Å². The second-order valence-electron chi connectivity index (χ2n) is 8.31. The first-order chi connectivity index (χ1) is 15.4. The number of benzene rings is 2. The topological polar surface area (TPSA) is 84.9 Å². The second-order valence-corrected chi connectivity index (χ2v) is 8.72. The molecule has 168 valence electrons. The Morgan fingerprint density at radius 3 is 2.41 bits per heavy atom. The molecule has 2 heterocycles. The molecule has 8 heteroatoms. The number of fused-ring (bicyclic) bond motifs is 2. The maximum atomic E-state index is 13.1. The SMILES string of the molecule is CC(C)C[C@@H](C(=O)NCCc1cc(Cl)c2c(c1)OCCO2)N1C(=O)c2ccccc2C1=O. The molecule has 0 aromatic heterocycles. The lowest BCUT2D eigenvalue weighted by Crippen LogP contribution is -2.50. The highest BCUT2D eigenvalue weighted by Gasteiger charge is 2.42. The molecular formula is C24H25ClN2O5. The number of carbonyl (C=O) groups is 3. The fourth-order valence-electron chi connectivity index (χ4n) is 4.02. The standard InChI is InChI=1S/C24H25ClN2O5/c1-14(2)11-19(27-23(29)16-5-3-4-6-17(16)24(27)30)22(28)26-8-7-15-12-18(25)21-20(13-15)31-9-10-32-21/h3-6,12-14,19H,7-11H2,1-2H3,(H,26,28)/t19-/m0/s1. The Morgan fingerprint density at radius 2 is 1.75 bits per heavy atom. The summed E-state index contributed by atoms with van der Waals surface area (Å²) in [4.78, 5) is 39.9. The van der Waals surface area contributed by atoms with E-state index in [1.807, 2.05) is 19.9 Å². The minimum Gasteiger partial charge on any atom is -0.486 e. The average Bonchev–Trinajstić information content (AvgIpc) is 3.02. The van der Waals surface area contributed by atoms with Gasteiger partial charge in [-0.25, -0.2) is 0 Å². The van der Waals surface area contributed by atoms with E-state index in [9.17, 15) is 14.4 Å². The molecule has 0 saturated carbocycles. The fraction of sp³-hybridized carbons (Fsp3) is 0.375. The number of rotatable bonds is 7. The number of ether oxygens (including phenoxy) is 2. The van der Waals surface area contributed by atoms with Crippen molar-refractivity contribution in [2.75, 3.05) is 19.8 Å². The van der Waals surface area contributed by atoms with Gasteiger partial charge in [0.2, 0.25) is 5.91 Å². The molecule has 0 bridgehead atoms. The number of carbonyl (C=O) groups excluding carboxylic acids is 3. The quantitative estimate of drug-likeness (QED) is 0.645. The third-order valence-corrected chi connectivity index (χ3v) is 5.78. The van der Waals surface area contributed by atoms with E-state index in [-0.39, 0.29) is 11.8 Å². The van der Waals surface area contributed by atoms with Crippen LogP contribution in [0.5, 0.6) is 11.5 Å². The van der Waals surface area contributed by atoms with Crippen molar-refractivity contribution in [3.05, 3.63) is 58.1 Å². The Balaban J connectivity index is 1.45. The molecule has 2 aliphatic rings. The highest BCUT2D eigenvalue weighted by molar-refractivity contribution is 6.32. The summed E-state index contributed by atoms with van der Waals surface area (Å²) in [6.45, 7) is 5.15. The van der Waals surface area contributed by atoms with Crippen LogP contribution in [-0.4, -0.2) is 48.4 Å². The molecular weight excluding hydrogens is 432 g/mol. The Labute approximate surface area is 191 Å². The molecule has 0 aliphatic carbocycles. The Kier molecular flexibility index (Phi) is 6.37. The molecule has 4 rings (SSSR count). The third kappa shape index (κ3) is 4.30. The van der Waals surface area contributed by atoms with Gasteiger partial charge in [0, 0.05) is 6.54 Å². The van der Waals surface area contributed by atoms with E-state index in [4.69, 9.17) is 21.1 Å². The molecule has 0 fully saturated rings. The summed E-state index contributed by atoms with van der Waals surface area (Å²) in [5.74, 6) is 0.0423. The van der Waals surface area contributed by atoms with Crippen LogP contribution in [0.25, 0.3) is 0 Å². The summed E-state index contributed by atoms with van der Waals surface area (Å²) in [6.07, 6.45) is 0.895. The molecule has 3 amide bonds. The summed E-state index contributed by atoms with van der Waals surface area (Å²) < 4.78 is 11.1. The van der Waals surface area contributed by atoms with Gasteiger partial charge in [0.1, 0.15) is 19.3 Å². The van der Waals surface area contributed by atoms with Gasteiger partial charge in [-0.1, -0.05) is 37.6 Å². The van der Waals surface area contributed by atoms with Crippen molar-refractivity contribution in [2.45, 2.75) is 32.7 Å². The molecule has 0 spiro atoms. The Morgan fingerprint density at radius 1 is 1.09 bits per heavy atom. The molecule has 2 aliphatic heterocycles. The van der Waals surface area contributed by atoms with Crippen LogP contribution in [0.3, 0.4) is 0 Å². The zero-order valence-corrected chi connectivity index (χ0v) is 18.8. The monoisotopic (exact) mass is 456 g/mol. The molecule has 2 aromatic carbocycles. The summed E-state index contributed by atoms with van der Waals surface area (Å²) in [7, 11) is 0. The molecule has 2 aromatic rings. The van der Waals surface area contributed by atoms with Crippen LogP contribution < -0.4 is 14.8 Å². The van der Waals surface area contributed by atoms with E-state index in [2.05, 4.69) is 5.32 Å². The van der Waals surface area contributed by atoms with E-state index >= 15 is 0 Å². The zero-order chi connectivity index (χ0) is 22.8. The van der Waals surface area contributed by atoms with Crippen molar-refractivity contribution in [1.82, 2.24) is 10.2 Å². The maximum absolute atomic E-state index is 13.1. The number of imide groups is 1. The molecule has 32 heavy (non-hydrogen) atoms. The summed E-state index contributed by atoms with van der Waals surface area (Å²) in [6, 6.07) is 9.43. The van der Waals surface area contributed by atoms with Crippen LogP contribution >= 0.6 is 11.6 Å². The van der Waals surface area contributed by atoms with Gasteiger partial charge in [0.05, 0.1) is 16.1 Å². The van der Waals surface area contributed by atoms with Gasteiger partial charge in [-0.2, -0.15) is 0 Å². The van der Waals surface area contributed by atoms with Gasteiger partial charge in [-0.15, -0.1) is 0 Å². The van der Waals surface area contributed by atoms with Crippen LogP contribution in [0.1, 0.15) is 46.5 Å². The van der Waals surface area contributed by atoms with Crippen LogP contribution in [0.4, 0.5) is 0 Å². The van der Waals surface area contributed by atoms with Gasteiger partial charge >= 0.3 is 0 Å². The number of nitrogens with one attached hydrogen (secondary N) is 1. The fourth-order valence-corrected chi connectivity index (χ4v) is 4.31. The number of halogens is 1. The largest absolute Gasteiger partial charge is 0.486 e. The lowest BCUT2D eigenvalue weighted by Gasteiger charge is -2.27. The van der Waals surface area contributed by atoms with E-state index in [0.717, 1.165) is 10.5 Å². The summed E-state index contributed by atoms with van der Waals surface area (Å²) >= 11 is 6.28. The number of hydrogen-bond donors (Lipinski definition) is 1. The molecule has 0 saturated heterocycles. The van der Waals surface area contributed by atoms with Gasteiger partial charge in [0.15, 0.2) is 11.5 Å². The maximum Gasteiger partial charge on any atom is 0.262 e. The summed E-state index contributed by atoms with van der Waals surface area (Å²) in [5, 5.41) is 3.35. The zero-order valence-electron chi connectivity index (χ0n) is 18.0. The number of amides is 3. The highest BCUT2D eigenvalue weighted by Crippen LogP contribution is 2.38. The Hall–Kier alpha value is -3.06.